The zero-order chi connectivity index (χ0) is 11.4. The summed E-state index contributed by atoms with van der Waals surface area (Å²) in [4.78, 5) is 19.2. The molecule has 0 amide bonds. The van der Waals surface area contributed by atoms with E-state index < -0.39 is 5.97 Å². The molecule has 0 spiro atoms. The number of nitrogens with one attached hydrogen (secondary N) is 1. The van der Waals surface area contributed by atoms with E-state index in [1.807, 2.05) is 0 Å². The number of methoxy groups -OCH3 is 1. The highest BCUT2D eigenvalue weighted by molar-refractivity contribution is 5.87. The first-order valence-corrected chi connectivity index (χ1v) is 5.46. The molecule has 0 bridgehead atoms. The van der Waals surface area contributed by atoms with Crippen LogP contribution in [0.15, 0.2) is 12.4 Å². The van der Waals surface area contributed by atoms with E-state index >= 15 is 0 Å². The number of hydrogen-bond donors (Lipinski definition) is 1. The Morgan fingerprint density at radius 2 is 2.19 bits per heavy atom. The highest BCUT2D eigenvalue weighted by atomic mass is 16.5. The molecule has 1 saturated carbocycles. The second-order valence-corrected chi connectivity index (χ2v) is 3.91. The van der Waals surface area contributed by atoms with Gasteiger partial charge in [-0.05, 0) is 12.8 Å². The van der Waals surface area contributed by atoms with Crippen LogP contribution in [0.3, 0.4) is 0 Å². The first-order chi connectivity index (χ1) is 7.79. The molecule has 1 heterocycles. The number of anilines is 1. The number of nitrogens with zero attached hydrogens (tertiary/aromatic N) is 2. The third kappa shape index (κ3) is 2.48. The normalized spacial score (nSPS) is 16.1. The average Bonchev–Trinajstić information content (AvgIpc) is 2.81. The minimum atomic E-state index is -0.433. The van der Waals surface area contributed by atoms with Gasteiger partial charge in [0.25, 0.3) is 0 Å². The van der Waals surface area contributed by atoms with E-state index in [0.717, 1.165) is 12.8 Å². The number of carbonyl (C=O) groups excluding carboxylic acids is 1. The fraction of sp³-hybridized carbons (Fsp3) is 0.545. The van der Waals surface area contributed by atoms with Gasteiger partial charge in [-0.3, -0.25) is 0 Å². The van der Waals surface area contributed by atoms with Gasteiger partial charge in [-0.15, -0.1) is 0 Å². The molecule has 0 atom stereocenters. The maximum Gasteiger partial charge on any atom is 0.356 e. The number of ether oxygens (including phenoxy) is 1. The van der Waals surface area contributed by atoms with Crippen molar-refractivity contribution < 1.29 is 9.53 Å². The minimum absolute atomic E-state index is 0.290. The third-order valence-corrected chi connectivity index (χ3v) is 2.77. The molecule has 0 radical (unpaired) electrons. The van der Waals surface area contributed by atoms with E-state index in [-0.39, 0.29) is 5.69 Å². The molecule has 1 aromatic rings. The maximum absolute atomic E-state index is 11.3. The lowest BCUT2D eigenvalue weighted by molar-refractivity contribution is 0.0594. The van der Waals surface area contributed by atoms with Crippen LogP contribution in [0.4, 0.5) is 5.82 Å². The summed E-state index contributed by atoms with van der Waals surface area (Å²) in [6.45, 7) is 0. The van der Waals surface area contributed by atoms with Gasteiger partial charge in [0.2, 0.25) is 0 Å². The van der Waals surface area contributed by atoms with Crippen LogP contribution in [-0.4, -0.2) is 29.1 Å². The molecule has 0 saturated heterocycles. The molecule has 86 valence electrons. The van der Waals surface area contributed by atoms with E-state index in [1.54, 1.807) is 6.07 Å². The molecule has 1 fully saturated rings. The fourth-order valence-electron chi connectivity index (χ4n) is 1.93. The molecule has 5 heteroatoms. The predicted octanol–water partition coefficient (Wildman–Crippen LogP) is 1.62. The van der Waals surface area contributed by atoms with Crippen LogP contribution < -0.4 is 5.32 Å². The summed E-state index contributed by atoms with van der Waals surface area (Å²) in [5, 5.41) is 3.30. The van der Waals surface area contributed by atoms with Crippen molar-refractivity contribution in [3.8, 4) is 0 Å². The van der Waals surface area contributed by atoms with Crippen LogP contribution in [0.25, 0.3) is 0 Å². The summed E-state index contributed by atoms with van der Waals surface area (Å²) in [7, 11) is 1.34. The summed E-state index contributed by atoms with van der Waals surface area (Å²) < 4.78 is 4.60. The van der Waals surface area contributed by atoms with Crippen LogP contribution in [0, 0.1) is 0 Å². The molecule has 16 heavy (non-hydrogen) atoms. The average molecular weight is 221 g/mol. The summed E-state index contributed by atoms with van der Waals surface area (Å²) >= 11 is 0. The summed E-state index contributed by atoms with van der Waals surface area (Å²) in [5.74, 6) is 0.263. The Morgan fingerprint density at radius 3 is 2.88 bits per heavy atom. The van der Waals surface area contributed by atoms with Gasteiger partial charge in [-0.25, -0.2) is 14.8 Å². The van der Waals surface area contributed by atoms with Crippen molar-refractivity contribution in [2.75, 3.05) is 12.4 Å². The van der Waals surface area contributed by atoms with Gasteiger partial charge in [-0.2, -0.15) is 0 Å². The van der Waals surface area contributed by atoms with E-state index in [9.17, 15) is 4.79 Å². The van der Waals surface area contributed by atoms with Crippen molar-refractivity contribution in [3.05, 3.63) is 18.1 Å². The molecule has 1 aromatic heterocycles. The van der Waals surface area contributed by atoms with Crippen LogP contribution in [-0.2, 0) is 4.74 Å². The second kappa shape index (κ2) is 4.92. The van der Waals surface area contributed by atoms with E-state index in [4.69, 9.17) is 0 Å². The third-order valence-electron chi connectivity index (χ3n) is 2.77. The quantitative estimate of drug-likeness (QED) is 0.786. The molecular weight excluding hydrogens is 206 g/mol. The number of hydrogen-bond acceptors (Lipinski definition) is 5. The molecular formula is C11H15N3O2. The SMILES string of the molecule is COC(=O)c1cc(NC2CCCC2)ncn1. The van der Waals surface area contributed by atoms with Gasteiger partial charge < -0.3 is 10.1 Å². The zero-order valence-corrected chi connectivity index (χ0v) is 9.27. The van der Waals surface area contributed by atoms with Crippen molar-refractivity contribution in [1.82, 2.24) is 9.97 Å². The van der Waals surface area contributed by atoms with Crippen molar-refractivity contribution in [1.29, 1.82) is 0 Å². The van der Waals surface area contributed by atoms with Crippen molar-refractivity contribution in [3.63, 3.8) is 0 Å². The van der Waals surface area contributed by atoms with Gasteiger partial charge in [0.1, 0.15) is 12.1 Å². The Kier molecular flexibility index (Phi) is 3.34. The van der Waals surface area contributed by atoms with E-state index in [1.165, 1.54) is 26.3 Å². The smallest absolute Gasteiger partial charge is 0.356 e. The van der Waals surface area contributed by atoms with Gasteiger partial charge in [0, 0.05) is 12.1 Å². The minimum Gasteiger partial charge on any atom is -0.464 e. The van der Waals surface area contributed by atoms with Crippen LogP contribution in [0.5, 0.6) is 0 Å². The van der Waals surface area contributed by atoms with Gasteiger partial charge in [-0.1, -0.05) is 12.8 Å². The Bertz CT molecular complexity index is 375. The Hall–Kier alpha value is -1.65. The van der Waals surface area contributed by atoms with Gasteiger partial charge >= 0.3 is 5.97 Å². The standard InChI is InChI=1S/C11H15N3O2/c1-16-11(15)9-6-10(13-7-12-9)14-8-4-2-3-5-8/h6-8H,2-5H2,1H3,(H,12,13,14). The predicted molar refractivity (Wildman–Crippen MR) is 59.3 cm³/mol. The Morgan fingerprint density at radius 1 is 1.44 bits per heavy atom. The number of esters is 1. The lowest BCUT2D eigenvalue weighted by Crippen LogP contribution is -2.16. The molecule has 0 unspecified atom stereocenters. The maximum atomic E-state index is 11.3. The van der Waals surface area contributed by atoms with Gasteiger partial charge in [0.05, 0.1) is 7.11 Å². The van der Waals surface area contributed by atoms with Crippen molar-refractivity contribution in [2.24, 2.45) is 0 Å². The van der Waals surface area contributed by atoms with Crippen LogP contribution in [0.1, 0.15) is 36.2 Å². The first-order valence-electron chi connectivity index (χ1n) is 5.46. The van der Waals surface area contributed by atoms with Crippen molar-refractivity contribution >= 4 is 11.8 Å². The highest BCUT2D eigenvalue weighted by Crippen LogP contribution is 2.21. The monoisotopic (exact) mass is 221 g/mol. The number of carbonyl (C=O) groups is 1. The Balaban J connectivity index is 2.06. The topological polar surface area (TPSA) is 64.1 Å². The van der Waals surface area contributed by atoms with Crippen LogP contribution >= 0.6 is 0 Å². The molecule has 1 N–H and O–H groups in total. The first kappa shape index (κ1) is 10.9. The lowest BCUT2D eigenvalue weighted by Gasteiger charge is -2.12. The van der Waals surface area contributed by atoms with E-state index in [2.05, 4.69) is 20.0 Å². The van der Waals surface area contributed by atoms with E-state index in [0.29, 0.717) is 11.9 Å². The van der Waals surface area contributed by atoms with Crippen molar-refractivity contribution in [2.45, 2.75) is 31.7 Å². The molecule has 0 aliphatic heterocycles. The Labute approximate surface area is 94.2 Å². The molecule has 1 aliphatic rings. The summed E-state index contributed by atoms with van der Waals surface area (Å²) in [5.41, 5.74) is 0.290. The van der Waals surface area contributed by atoms with Crippen LogP contribution in [0.2, 0.25) is 0 Å². The molecule has 2 rings (SSSR count). The van der Waals surface area contributed by atoms with Gasteiger partial charge in [0.15, 0.2) is 5.69 Å². The summed E-state index contributed by atoms with van der Waals surface area (Å²) in [6.07, 6.45) is 6.22. The fourth-order valence-corrected chi connectivity index (χ4v) is 1.93. The largest absolute Gasteiger partial charge is 0.464 e. The second-order valence-electron chi connectivity index (χ2n) is 3.91. The highest BCUT2D eigenvalue weighted by Gasteiger charge is 2.16. The number of rotatable bonds is 3. The summed E-state index contributed by atoms with van der Waals surface area (Å²) in [6, 6.07) is 2.10. The molecule has 5 nitrogen and oxygen atoms in total. The molecule has 1 aliphatic carbocycles. The zero-order valence-electron chi connectivity index (χ0n) is 9.27. The lowest BCUT2D eigenvalue weighted by atomic mass is 10.2. The number of aromatic nitrogens is 2. The molecule has 0 aromatic carbocycles.